The fourth-order valence-corrected chi connectivity index (χ4v) is 2.58. The lowest BCUT2D eigenvalue weighted by Crippen LogP contribution is -2.39. The Morgan fingerprint density at radius 1 is 1.38 bits per heavy atom. The van der Waals surface area contributed by atoms with Gasteiger partial charge in [-0.25, -0.2) is 0 Å². The molecule has 0 aromatic rings. The molecule has 0 bridgehead atoms. The van der Waals surface area contributed by atoms with Crippen LogP contribution in [0, 0.1) is 11.3 Å². The molecule has 1 atom stereocenters. The molecule has 1 unspecified atom stereocenters. The summed E-state index contributed by atoms with van der Waals surface area (Å²) >= 11 is 0. The quantitative estimate of drug-likeness (QED) is 0.734. The molecule has 1 aliphatic rings. The minimum Gasteiger partial charge on any atom is -0.466 e. The predicted octanol–water partition coefficient (Wildman–Crippen LogP) is 2.48. The maximum absolute atomic E-state index is 11.9. The molecule has 3 heteroatoms. The molecular formula is C13H25NO2. The van der Waals surface area contributed by atoms with Gasteiger partial charge in [-0.15, -0.1) is 0 Å². The average molecular weight is 227 g/mol. The van der Waals surface area contributed by atoms with Crippen molar-refractivity contribution in [1.82, 2.24) is 0 Å². The van der Waals surface area contributed by atoms with E-state index in [0.29, 0.717) is 19.1 Å². The fraction of sp³-hybridized carbons (Fsp3) is 0.923. The van der Waals surface area contributed by atoms with E-state index in [1.807, 2.05) is 13.8 Å². The average Bonchev–Trinajstić information content (AvgIpc) is 2.30. The molecule has 0 aliphatic heterocycles. The number of carbonyl (C=O) groups excluding carboxylic acids is 1. The normalized spacial score (nSPS) is 21.4. The molecule has 3 nitrogen and oxygen atoms in total. The molecule has 1 rings (SSSR count). The summed E-state index contributed by atoms with van der Waals surface area (Å²) < 4.78 is 5.12. The molecule has 0 radical (unpaired) electrons. The Kier molecular flexibility index (Phi) is 5.26. The maximum Gasteiger partial charge on any atom is 0.313 e. The van der Waals surface area contributed by atoms with Crippen LogP contribution in [0.5, 0.6) is 0 Å². The molecular weight excluding hydrogens is 202 g/mol. The number of ether oxygens (including phenoxy) is 1. The topological polar surface area (TPSA) is 52.3 Å². The van der Waals surface area contributed by atoms with Crippen molar-refractivity contribution in [2.24, 2.45) is 17.1 Å². The first-order valence-electron chi connectivity index (χ1n) is 6.49. The maximum atomic E-state index is 11.9. The van der Waals surface area contributed by atoms with E-state index in [9.17, 15) is 4.79 Å². The third-order valence-electron chi connectivity index (χ3n) is 3.68. The lowest BCUT2D eigenvalue weighted by molar-refractivity contribution is -0.155. The second-order valence-corrected chi connectivity index (χ2v) is 5.19. The smallest absolute Gasteiger partial charge is 0.313 e. The number of hydrogen-bond donors (Lipinski definition) is 1. The Bertz CT molecular complexity index is 224. The van der Waals surface area contributed by atoms with Gasteiger partial charge in [-0.05, 0) is 26.2 Å². The monoisotopic (exact) mass is 227 g/mol. The SMILES string of the molecule is CCOC(=O)C(C)(CN)CC1CCCCC1. The minimum absolute atomic E-state index is 0.122. The Hall–Kier alpha value is -0.570. The first-order valence-corrected chi connectivity index (χ1v) is 6.49. The summed E-state index contributed by atoms with van der Waals surface area (Å²) in [5.74, 6) is 0.537. The number of hydrogen-bond acceptors (Lipinski definition) is 3. The van der Waals surface area contributed by atoms with Crippen LogP contribution in [0.2, 0.25) is 0 Å². The minimum atomic E-state index is -0.474. The molecule has 1 fully saturated rings. The van der Waals surface area contributed by atoms with E-state index in [-0.39, 0.29) is 5.97 Å². The molecule has 1 saturated carbocycles. The zero-order valence-corrected chi connectivity index (χ0v) is 10.6. The van der Waals surface area contributed by atoms with Gasteiger partial charge in [0.1, 0.15) is 0 Å². The van der Waals surface area contributed by atoms with Gasteiger partial charge >= 0.3 is 5.97 Å². The van der Waals surface area contributed by atoms with E-state index in [0.717, 1.165) is 6.42 Å². The molecule has 2 N–H and O–H groups in total. The highest BCUT2D eigenvalue weighted by molar-refractivity contribution is 5.76. The fourth-order valence-electron chi connectivity index (χ4n) is 2.58. The van der Waals surface area contributed by atoms with Crippen LogP contribution in [0.3, 0.4) is 0 Å². The Labute approximate surface area is 98.7 Å². The Morgan fingerprint density at radius 3 is 2.50 bits per heavy atom. The predicted molar refractivity (Wildman–Crippen MR) is 65.0 cm³/mol. The summed E-state index contributed by atoms with van der Waals surface area (Å²) in [5, 5.41) is 0. The van der Waals surface area contributed by atoms with Gasteiger partial charge in [0.15, 0.2) is 0 Å². The van der Waals surface area contributed by atoms with Crippen molar-refractivity contribution in [2.45, 2.75) is 52.4 Å². The van der Waals surface area contributed by atoms with Crippen molar-refractivity contribution in [3.8, 4) is 0 Å². The summed E-state index contributed by atoms with van der Waals surface area (Å²) in [4.78, 5) is 11.9. The van der Waals surface area contributed by atoms with Crippen LogP contribution in [0.1, 0.15) is 52.4 Å². The van der Waals surface area contributed by atoms with Gasteiger partial charge < -0.3 is 10.5 Å². The lowest BCUT2D eigenvalue weighted by Gasteiger charge is -2.31. The van der Waals surface area contributed by atoms with Gasteiger partial charge in [0.05, 0.1) is 12.0 Å². The van der Waals surface area contributed by atoms with Gasteiger partial charge in [0.2, 0.25) is 0 Å². The Balaban J connectivity index is 2.53. The van der Waals surface area contributed by atoms with Crippen molar-refractivity contribution < 1.29 is 9.53 Å². The van der Waals surface area contributed by atoms with Gasteiger partial charge in [0.25, 0.3) is 0 Å². The summed E-state index contributed by atoms with van der Waals surface area (Å²) in [5.41, 5.74) is 5.28. The van der Waals surface area contributed by atoms with E-state index in [1.54, 1.807) is 0 Å². The van der Waals surface area contributed by atoms with E-state index in [1.165, 1.54) is 32.1 Å². The molecule has 0 amide bonds. The Morgan fingerprint density at radius 2 is 2.00 bits per heavy atom. The molecule has 94 valence electrons. The van der Waals surface area contributed by atoms with E-state index in [4.69, 9.17) is 10.5 Å². The van der Waals surface area contributed by atoms with Crippen LogP contribution >= 0.6 is 0 Å². The summed E-state index contributed by atoms with van der Waals surface area (Å²) in [6.07, 6.45) is 7.32. The molecule has 0 aromatic carbocycles. The first kappa shape index (κ1) is 13.5. The second kappa shape index (κ2) is 6.24. The van der Waals surface area contributed by atoms with Gasteiger partial charge in [-0.3, -0.25) is 4.79 Å². The van der Waals surface area contributed by atoms with Gasteiger partial charge in [0, 0.05) is 6.54 Å². The van der Waals surface area contributed by atoms with E-state index in [2.05, 4.69) is 0 Å². The molecule has 16 heavy (non-hydrogen) atoms. The van der Waals surface area contributed by atoms with Crippen molar-refractivity contribution in [3.63, 3.8) is 0 Å². The number of nitrogens with two attached hydrogens (primary N) is 1. The first-order chi connectivity index (χ1) is 7.62. The lowest BCUT2D eigenvalue weighted by atomic mass is 9.75. The number of rotatable bonds is 5. The largest absolute Gasteiger partial charge is 0.466 e. The zero-order valence-electron chi connectivity index (χ0n) is 10.6. The summed E-state index contributed by atoms with van der Waals surface area (Å²) in [6, 6.07) is 0. The van der Waals surface area contributed by atoms with E-state index < -0.39 is 5.41 Å². The van der Waals surface area contributed by atoms with Crippen molar-refractivity contribution >= 4 is 5.97 Å². The van der Waals surface area contributed by atoms with E-state index >= 15 is 0 Å². The standard InChI is InChI=1S/C13H25NO2/c1-3-16-12(15)13(2,10-14)9-11-7-5-4-6-8-11/h11H,3-10,14H2,1-2H3. The molecule has 0 aromatic heterocycles. The van der Waals surface area contributed by atoms with Crippen LogP contribution in [0.15, 0.2) is 0 Å². The third kappa shape index (κ3) is 3.48. The highest BCUT2D eigenvalue weighted by Crippen LogP contribution is 2.34. The summed E-state index contributed by atoms with van der Waals surface area (Å²) in [6.45, 7) is 4.62. The van der Waals surface area contributed by atoms with Gasteiger partial charge in [-0.1, -0.05) is 32.1 Å². The van der Waals surface area contributed by atoms with Crippen molar-refractivity contribution in [3.05, 3.63) is 0 Å². The van der Waals surface area contributed by atoms with Crippen LogP contribution in [0.25, 0.3) is 0 Å². The highest BCUT2D eigenvalue weighted by Gasteiger charge is 2.36. The third-order valence-corrected chi connectivity index (χ3v) is 3.68. The van der Waals surface area contributed by atoms with Crippen LogP contribution in [-0.4, -0.2) is 19.1 Å². The molecule has 1 aliphatic carbocycles. The van der Waals surface area contributed by atoms with Gasteiger partial charge in [-0.2, -0.15) is 0 Å². The van der Waals surface area contributed by atoms with Crippen LogP contribution in [-0.2, 0) is 9.53 Å². The zero-order chi connectivity index (χ0) is 12.0. The summed E-state index contributed by atoms with van der Waals surface area (Å²) in [7, 11) is 0. The van der Waals surface area contributed by atoms with Crippen LogP contribution in [0.4, 0.5) is 0 Å². The molecule has 0 heterocycles. The number of carbonyl (C=O) groups is 1. The van der Waals surface area contributed by atoms with Crippen LogP contribution < -0.4 is 5.73 Å². The van der Waals surface area contributed by atoms with Crippen molar-refractivity contribution in [1.29, 1.82) is 0 Å². The number of esters is 1. The second-order valence-electron chi connectivity index (χ2n) is 5.19. The molecule has 0 spiro atoms. The molecule has 0 saturated heterocycles. The van der Waals surface area contributed by atoms with Crippen molar-refractivity contribution in [2.75, 3.05) is 13.2 Å². The highest BCUT2D eigenvalue weighted by atomic mass is 16.5.